The van der Waals surface area contributed by atoms with Crippen LogP contribution in [0.15, 0.2) is 55.1 Å². The third kappa shape index (κ3) is 3.54. The lowest BCUT2D eigenvalue weighted by atomic mass is 9.88. The van der Waals surface area contributed by atoms with E-state index < -0.39 is 0 Å². The van der Waals surface area contributed by atoms with Crippen molar-refractivity contribution in [1.82, 2.24) is 0 Å². The van der Waals surface area contributed by atoms with Gasteiger partial charge >= 0.3 is 0 Å². The summed E-state index contributed by atoms with van der Waals surface area (Å²) in [5, 5.41) is 0. The van der Waals surface area contributed by atoms with E-state index in [9.17, 15) is 4.79 Å². The SMILES string of the molecule is C=CCOc1cc(C2C(=C)C(=O)N2c2cc(OC)c(OC)c(OC)c2)ccc1OC. The van der Waals surface area contributed by atoms with Gasteiger partial charge in [-0.1, -0.05) is 25.3 Å². The summed E-state index contributed by atoms with van der Waals surface area (Å²) in [5.74, 6) is 2.35. The van der Waals surface area contributed by atoms with Gasteiger partial charge < -0.3 is 23.7 Å². The number of carbonyl (C=O) groups is 1. The maximum atomic E-state index is 12.7. The smallest absolute Gasteiger partial charge is 0.256 e. The number of amides is 1. The van der Waals surface area contributed by atoms with Gasteiger partial charge in [-0.2, -0.15) is 0 Å². The molecule has 7 heteroatoms. The number of hydrogen-bond acceptors (Lipinski definition) is 6. The number of carbonyl (C=O) groups excluding carboxylic acids is 1. The van der Waals surface area contributed by atoms with Gasteiger partial charge in [0.05, 0.1) is 40.2 Å². The van der Waals surface area contributed by atoms with Crippen molar-refractivity contribution < 1.29 is 28.5 Å². The Balaban J connectivity index is 2.04. The van der Waals surface area contributed by atoms with Crippen LogP contribution in [0, 0.1) is 0 Å². The lowest BCUT2D eigenvalue weighted by Crippen LogP contribution is -2.48. The average molecular weight is 411 g/mol. The summed E-state index contributed by atoms with van der Waals surface area (Å²) in [6.45, 7) is 7.97. The van der Waals surface area contributed by atoms with Crippen molar-refractivity contribution in [1.29, 1.82) is 0 Å². The van der Waals surface area contributed by atoms with Crippen molar-refractivity contribution in [3.8, 4) is 28.7 Å². The zero-order chi connectivity index (χ0) is 21.8. The normalized spacial score (nSPS) is 15.3. The second-order valence-electron chi connectivity index (χ2n) is 6.50. The van der Waals surface area contributed by atoms with Crippen molar-refractivity contribution in [2.45, 2.75) is 6.04 Å². The summed E-state index contributed by atoms with van der Waals surface area (Å²) in [7, 11) is 6.16. The van der Waals surface area contributed by atoms with Gasteiger partial charge in [0, 0.05) is 17.7 Å². The molecule has 0 aromatic heterocycles. The molecule has 1 atom stereocenters. The van der Waals surface area contributed by atoms with Crippen LogP contribution in [0.3, 0.4) is 0 Å². The first kappa shape index (κ1) is 21.1. The Kier molecular flexibility index (Phi) is 6.20. The van der Waals surface area contributed by atoms with Crippen LogP contribution in [0.25, 0.3) is 0 Å². The van der Waals surface area contributed by atoms with Crippen LogP contribution in [-0.2, 0) is 4.79 Å². The Morgan fingerprint density at radius 3 is 2.10 bits per heavy atom. The molecule has 1 fully saturated rings. The molecule has 7 nitrogen and oxygen atoms in total. The number of hydrogen-bond donors (Lipinski definition) is 0. The van der Waals surface area contributed by atoms with Gasteiger partial charge in [0.15, 0.2) is 23.0 Å². The first-order valence-corrected chi connectivity index (χ1v) is 9.24. The number of methoxy groups -OCH3 is 4. The molecular formula is C23H25NO6. The van der Waals surface area contributed by atoms with Crippen molar-refractivity contribution >= 4 is 11.6 Å². The summed E-state index contributed by atoms with van der Waals surface area (Å²) >= 11 is 0. The number of ether oxygens (including phenoxy) is 5. The maximum Gasteiger partial charge on any atom is 0.256 e. The molecule has 1 aliphatic heterocycles. The van der Waals surface area contributed by atoms with Crippen LogP contribution >= 0.6 is 0 Å². The molecular weight excluding hydrogens is 386 g/mol. The van der Waals surface area contributed by atoms with Gasteiger partial charge in [-0.3, -0.25) is 9.69 Å². The van der Waals surface area contributed by atoms with Crippen molar-refractivity contribution in [3.63, 3.8) is 0 Å². The third-order valence-electron chi connectivity index (χ3n) is 4.87. The fourth-order valence-corrected chi connectivity index (χ4v) is 3.43. The molecule has 1 aliphatic rings. The summed E-state index contributed by atoms with van der Waals surface area (Å²) in [4.78, 5) is 14.4. The van der Waals surface area contributed by atoms with E-state index in [2.05, 4.69) is 13.2 Å². The van der Waals surface area contributed by atoms with Crippen molar-refractivity contribution in [3.05, 3.63) is 60.7 Å². The summed E-state index contributed by atoms with van der Waals surface area (Å²) in [6, 6.07) is 8.63. The minimum Gasteiger partial charge on any atom is -0.493 e. The topological polar surface area (TPSA) is 66.5 Å². The van der Waals surface area contributed by atoms with E-state index in [0.29, 0.717) is 46.6 Å². The number of nitrogens with zero attached hydrogens (tertiary/aromatic N) is 1. The standard InChI is InChI=1S/C23H25NO6/c1-7-10-30-18-11-15(8-9-17(18)26-3)21-14(2)23(25)24(21)16-12-19(27-4)22(29-6)20(13-16)28-5/h7-9,11-13,21H,1-2,10H2,3-6H3. The lowest BCUT2D eigenvalue weighted by Gasteiger charge is -2.42. The van der Waals surface area contributed by atoms with Crippen LogP contribution in [0.1, 0.15) is 11.6 Å². The van der Waals surface area contributed by atoms with Crippen LogP contribution < -0.4 is 28.6 Å². The van der Waals surface area contributed by atoms with E-state index in [1.807, 2.05) is 12.1 Å². The highest BCUT2D eigenvalue weighted by molar-refractivity contribution is 6.15. The molecule has 2 aromatic rings. The predicted molar refractivity (Wildman–Crippen MR) is 114 cm³/mol. The molecule has 1 amide bonds. The Morgan fingerprint density at radius 1 is 0.933 bits per heavy atom. The molecule has 0 spiro atoms. The quantitative estimate of drug-likeness (QED) is 0.354. The molecule has 3 rings (SSSR count). The fourth-order valence-electron chi connectivity index (χ4n) is 3.43. The molecule has 1 unspecified atom stereocenters. The van der Waals surface area contributed by atoms with E-state index in [1.165, 1.54) is 21.3 Å². The largest absolute Gasteiger partial charge is 0.493 e. The van der Waals surface area contributed by atoms with E-state index in [0.717, 1.165) is 5.56 Å². The van der Waals surface area contributed by atoms with Gasteiger partial charge in [0.2, 0.25) is 5.75 Å². The van der Waals surface area contributed by atoms with Gasteiger partial charge in [0.25, 0.3) is 5.91 Å². The lowest BCUT2D eigenvalue weighted by molar-refractivity contribution is -0.118. The van der Waals surface area contributed by atoms with Crippen molar-refractivity contribution in [2.75, 3.05) is 39.9 Å². The Labute approximate surface area is 176 Å². The highest BCUT2D eigenvalue weighted by atomic mass is 16.5. The van der Waals surface area contributed by atoms with E-state index in [4.69, 9.17) is 23.7 Å². The summed E-state index contributed by atoms with van der Waals surface area (Å²) in [6.07, 6.45) is 1.65. The first-order chi connectivity index (χ1) is 14.5. The van der Waals surface area contributed by atoms with Gasteiger partial charge in [-0.05, 0) is 17.7 Å². The highest BCUT2D eigenvalue weighted by Gasteiger charge is 2.43. The van der Waals surface area contributed by atoms with Crippen molar-refractivity contribution in [2.24, 2.45) is 0 Å². The minimum atomic E-state index is -0.364. The molecule has 0 bridgehead atoms. The molecule has 30 heavy (non-hydrogen) atoms. The number of benzene rings is 2. The number of anilines is 1. The van der Waals surface area contributed by atoms with E-state index >= 15 is 0 Å². The van der Waals surface area contributed by atoms with Gasteiger partial charge in [0.1, 0.15) is 6.61 Å². The Morgan fingerprint density at radius 2 is 1.57 bits per heavy atom. The van der Waals surface area contributed by atoms with Gasteiger partial charge in [-0.15, -0.1) is 0 Å². The molecule has 0 radical (unpaired) electrons. The predicted octanol–water partition coefficient (Wildman–Crippen LogP) is 3.93. The van der Waals surface area contributed by atoms with Gasteiger partial charge in [-0.25, -0.2) is 0 Å². The molecule has 0 saturated carbocycles. The molecule has 1 heterocycles. The molecule has 0 aliphatic carbocycles. The maximum absolute atomic E-state index is 12.7. The summed E-state index contributed by atoms with van der Waals surface area (Å²) < 4.78 is 27.3. The monoisotopic (exact) mass is 411 g/mol. The van der Waals surface area contributed by atoms with Crippen LogP contribution in [0.2, 0.25) is 0 Å². The number of β-lactam (4-membered cyclic amide) rings is 1. The zero-order valence-electron chi connectivity index (χ0n) is 17.6. The second-order valence-corrected chi connectivity index (χ2v) is 6.50. The fraction of sp³-hybridized carbons (Fsp3) is 0.261. The number of rotatable bonds is 9. The first-order valence-electron chi connectivity index (χ1n) is 9.24. The minimum absolute atomic E-state index is 0.182. The average Bonchev–Trinajstić information content (AvgIpc) is 2.79. The third-order valence-corrected chi connectivity index (χ3v) is 4.87. The molecule has 2 aromatic carbocycles. The van der Waals surface area contributed by atoms with Crippen LogP contribution in [-0.4, -0.2) is 41.0 Å². The Hall–Kier alpha value is -3.61. The molecule has 1 saturated heterocycles. The highest BCUT2D eigenvalue weighted by Crippen LogP contribution is 2.48. The molecule has 0 N–H and O–H groups in total. The molecule has 158 valence electrons. The van der Waals surface area contributed by atoms with Crippen LogP contribution in [0.5, 0.6) is 28.7 Å². The Bertz CT molecular complexity index is 959. The summed E-state index contributed by atoms with van der Waals surface area (Å²) in [5.41, 5.74) is 1.92. The van der Waals surface area contributed by atoms with E-state index in [-0.39, 0.29) is 11.9 Å². The van der Waals surface area contributed by atoms with E-state index in [1.54, 1.807) is 36.3 Å². The second kappa shape index (κ2) is 8.82. The van der Waals surface area contributed by atoms with Crippen LogP contribution in [0.4, 0.5) is 5.69 Å². The zero-order valence-corrected chi connectivity index (χ0v) is 17.6.